The van der Waals surface area contributed by atoms with Crippen LogP contribution in [-0.4, -0.2) is 37.7 Å². The van der Waals surface area contributed by atoms with Gasteiger partial charge < -0.3 is 19.5 Å². The number of carbonyl (C=O) groups is 2. The largest absolute Gasteiger partial charge is 0.497 e. The van der Waals surface area contributed by atoms with Crippen LogP contribution >= 0.6 is 0 Å². The Hall–Kier alpha value is -2.24. The lowest BCUT2D eigenvalue weighted by Gasteiger charge is -2.18. The molecule has 0 aliphatic carbocycles. The van der Waals surface area contributed by atoms with Crippen LogP contribution in [0.1, 0.15) is 6.42 Å². The molecular formula is C13H15NO5. The number of amides is 1. The molecule has 0 saturated carbocycles. The highest BCUT2D eigenvalue weighted by Gasteiger charge is 2.37. The van der Waals surface area contributed by atoms with Gasteiger partial charge in [0.1, 0.15) is 17.4 Å². The molecule has 19 heavy (non-hydrogen) atoms. The molecule has 1 aliphatic rings. The van der Waals surface area contributed by atoms with Crippen LogP contribution in [0, 0.1) is 5.92 Å². The van der Waals surface area contributed by atoms with Crippen LogP contribution in [-0.2, 0) is 9.59 Å². The number of rotatable bonds is 4. The first-order valence-corrected chi connectivity index (χ1v) is 5.84. The van der Waals surface area contributed by atoms with Gasteiger partial charge in [-0.15, -0.1) is 0 Å². The minimum absolute atomic E-state index is 0.313. The number of carboxylic acid groups (broad SMARTS) is 1. The Morgan fingerprint density at radius 3 is 2.26 bits per heavy atom. The van der Waals surface area contributed by atoms with E-state index in [0.29, 0.717) is 30.2 Å². The fourth-order valence-electron chi connectivity index (χ4n) is 2.11. The van der Waals surface area contributed by atoms with Gasteiger partial charge in [-0.25, -0.2) is 0 Å². The predicted molar refractivity (Wildman–Crippen MR) is 67.6 cm³/mol. The minimum atomic E-state index is -1.08. The summed E-state index contributed by atoms with van der Waals surface area (Å²) in [6, 6.07) is 5.06. The summed E-state index contributed by atoms with van der Waals surface area (Å²) in [5.74, 6) is -1.33. The number of hydrogen-bond donors (Lipinski definition) is 1. The number of carbonyl (C=O) groups excluding carboxylic acids is 1. The average molecular weight is 265 g/mol. The van der Waals surface area contributed by atoms with Gasteiger partial charge in [-0.05, 0) is 6.42 Å². The predicted octanol–water partition coefficient (Wildman–Crippen LogP) is 1.14. The number of hydrogen-bond acceptors (Lipinski definition) is 4. The lowest BCUT2D eigenvalue weighted by molar-refractivity contribution is -0.144. The average Bonchev–Trinajstić information content (AvgIpc) is 2.80. The van der Waals surface area contributed by atoms with E-state index in [-0.39, 0.29) is 0 Å². The Balaban J connectivity index is 2.32. The fraction of sp³-hybridized carbons (Fsp3) is 0.385. The zero-order valence-electron chi connectivity index (χ0n) is 10.8. The zero-order chi connectivity index (χ0) is 14.0. The number of methoxy groups -OCH3 is 2. The van der Waals surface area contributed by atoms with E-state index >= 15 is 0 Å². The molecule has 0 aromatic heterocycles. The van der Waals surface area contributed by atoms with Gasteiger partial charge in [0.15, 0.2) is 0 Å². The van der Waals surface area contributed by atoms with Crippen molar-refractivity contribution in [1.82, 2.24) is 0 Å². The van der Waals surface area contributed by atoms with Crippen molar-refractivity contribution in [2.45, 2.75) is 6.42 Å². The van der Waals surface area contributed by atoms with E-state index in [4.69, 9.17) is 14.6 Å². The van der Waals surface area contributed by atoms with E-state index in [2.05, 4.69) is 0 Å². The van der Waals surface area contributed by atoms with E-state index in [1.54, 1.807) is 18.2 Å². The van der Waals surface area contributed by atoms with Crippen LogP contribution in [0.2, 0.25) is 0 Å². The minimum Gasteiger partial charge on any atom is -0.497 e. The lowest BCUT2D eigenvalue weighted by atomic mass is 10.1. The van der Waals surface area contributed by atoms with Gasteiger partial charge in [0.25, 0.3) is 0 Å². The molecule has 0 bridgehead atoms. The molecule has 1 unspecified atom stereocenters. The summed E-state index contributed by atoms with van der Waals surface area (Å²) in [7, 11) is 3.04. The van der Waals surface area contributed by atoms with Crippen LogP contribution in [0.4, 0.5) is 5.69 Å². The molecule has 2 rings (SSSR count). The van der Waals surface area contributed by atoms with Crippen molar-refractivity contribution in [3.8, 4) is 11.5 Å². The second-order valence-corrected chi connectivity index (χ2v) is 4.24. The normalized spacial score (nSPS) is 18.5. The molecule has 0 spiro atoms. The standard InChI is InChI=1S/C13H15NO5/c1-18-9-5-8(6-10(7-9)19-2)14-4-3-11(12(14)15)13(16)17/h5-7,11H,3-4H2,1-2H3,(H,16,17). The Morgan fingerprint density at radius 2 is 1.84 bits per heavy atom. The molecule has 1 aromatic rings. The Labute approximate surface area is 110 Å². The number of ether oxygens (including phenoxy) is 2. The van der Waals surface area contributed by atoms with Crippen molar-refractivity contribution in [3.05, 3.63) is 18.2 Å². The number of benzene rings is 1. The molecule has 6 nitrogen and oxygen atoms in total. The molecule has 1 amide bonds. The summed E-state index contributed by atoms with van der Waals surface area (Å²) in [5.41, 5.74) is 0.588. The maximum Gasteiger partial charge on any atom is 0.316 e. The van der Waals surface area contributed by atoms with Crippen LogP contribution in [0.5, 0.6) is 11.5 Å². The van der Waals surface area contributed by atoms with Crippen LogP contribution in [0.15, 0.2) is 18.2 Å². The van der Waals surface area contributed by atoms with Gasteiger partial charge in [0, 0.05) is 24.7 Å². The Bertz CT molecular complexity index is 492. The zero-order valence-corrected chi connectivity index (χ0v) is 10.8. The summed E-state index contributed by atoms with van der Waals surface area (Å²) in [5, 5.41) is 8.95. The van der Waals surface area contributed by atoms with Crippen molar-refractivity contribution in [3.63, 3.8) is 0 Å². The first kappa shape index (κ1) is 13.2. The molecule has 0 radical (unpaired) electrons. The Morgan fingerprint density at radius 1 is 1.26 bits per heavy atom. The lowest BCUT2D eigenvalue weighted by Crippen LogP contribution is -2.30. The van der Waals surface area contributed by atoms with Crippen molar-refractivity contribution < 1.29 is 24.2 Å². The monoisotopic (exact) mass is 265 g/mol. The quantitative estimate of drug-likeness (QED) is 0.826. The van der Waals surface area contributed by atoms with Gasteiger partial charge in [-0.3, -0.25) is 9.59 Å². The molecule has 1 fully saturated rings. The highest BCUT2D eigenvalue weighted by Crippen LogP contribution is 2.32. The maximum absolute atomic E-state index is 12.0. The molecule has 1 aliphatic heterocycles. The molecule has 1 saturated heterocycles. The summed E-state index contributed by atoms with van der Waals surface area (Å²) < 4.78 is 10.3. The van der Waals surface area contributed by atoms with Gasteiger partial charge in [-0.2, -0.15) is 0 Å². The fourth-order valence-corrected chi connectivity index (χ4v) is 2.11. The molecule has 1 N–H and O–H groups in total. The number of carboxylic acids is 1. The van der Waals surface area contributed by atoms with E-state index in [1.807, 2.05) is 0 Å². The molecule has 1 heterocycles. The molecule has 1 atom stereocenters. The smallest absolute Gasteiger partial charge is 0.316 e. The van der Waals surface area contributed by atoms with Gasteiger partial charge in [0.2, 0.25) is 5.91 Å². The first-order chi connectivity index (χ1) is 9.06. The summed E-state index contributed by atoms with van der Waals surface area (Å²) in [6.07, 6.45) is 0.313. The third-order valence-corrected chi connectivity index (χ3v) is 3.15. The number of anilines is 1. The highest BCUT2D eigenvalue weighted by molar-refractivity contribution is 6.07. The third-order valence-electron chi connectivity index (χ3n) is 3.15. The van der Waals surface area contributed by atoms with Crippen molar-refractivity contribution in [1.29, 1.82) is 0 Å². The topological polar surface area (TPSA) is 76.1 Å². The molecule has 6 heteroatoms. The van der Waals surface area contributed by atoms with Gasteiger partial charge in [0.05, 0.1) is 19.9 Å². The summed E-state index contributed by atoms with van der Waals surface area (Å²) >= 11 is 0. The van der Waals surface area contributed by atoms with Gasteiger partial charge >= 0.3 is 5.97 Å². The summed E-state index contributed by atoms with van der Waals surface area (Å²) in [6.45, 7) is 0.381. The maximum atomic E-state index is 12.0. The van der Waals surface area contributed by atoms with Crippen molar-refractivity contribution in [2.24, 2.45) is 5.92 Å². The number of nitrogens with zero attached hydrogens (tertiary/aromatic N) is 1. The van der Waals surface area contributed by atoms with Crippen molar-refractivity contribution in [2.75, 3.05) is 25.7 Å². The van der Waals surface area contributed by atoms with Crippen LogP contribution in [0.3, 0.4) is 0 Å². The third kappa shape index (κ3) is 2.47. The Kier molecular flexibility index (Phi) is 3.59. The first-order valence-electron chi connectivity index (χ1n) is 5.84. The van der Waals surface area contributed by atoms with Gasteiger partial charge in [-0.1, -0.05) is 0 Å². The van der Waals surface area contributed by atoms with Crippen LogP contribution in [0.25, 0.3) is 0 Å². The SMILES string of the molecule is COc1cc(OC)cc(N2CCC(C(=O)O)C2=O)c1. The van der Waals surface area contributed by atoms with Crippen LogP contribution < -0.4 is 14.4 Å². The molecular weight excluding hydrogens is 250 g/mol. The highest BCUT2D eigenvalue weighted by atomic mass is 16.5. The van der Waals surface area contributed by atoms with E-state index in [1.165, 1.54) is 19.1 Å². The van der Waals surface area contributed by atoms with Crippen molar-refractivity contribution >= 4 is 17.6 Å². The van der Waals surface area contributed by atoms with E-state index in [9.17, 15) is 9.59 Å². The second kappa shape index (κ2) is 5.17. The second-order valence-electron chi connectivity index (χ2n) is 4.24. The van der Waals surface area contributed by atoms with E-state index < -0.39 is 17.8 Å². The number of aliphatic carboxylic acids is 1. The summed E-state index contributed by atoms with van der Waals surface area (Å²) in [4.78, 5) is 24.4. The van der Waals surface area contributed by atoms with E-state index in [0.717, 1.165) is 0 Å². The molecule has 102 valence electrons. The molecule has 1 aromatic carbocycles.